The van der Waals surface area contributed by atoms with E-state index in [1.807, 2.05) is 0 Å². The molecule has 31 heavy (non-hydrogen) atoms. The molecule has 1 aliphatic rings. The third kappa shape index (κ3) is 15.4. The summed E-state index contributed by atoms with van der Waals surface area (Å²) in [6.07, 6.45) is 24.3. The second kappa shape index (κ2) is 19.4. The van der Waals surface area contributed by atoms with Gasteiger partial charge in [-0.25, -0.2) is 0 Å². The van der Waals surface area contributed by atoms with Gasteiger partial charge in [0.05, 0.1) is 12.2 Å². The molecule has 2 atom stereocenters. The summed E-state index contributed by atoms with van der Waals surface area (Å²) in [6, 6.07) is 0. The van der Waals surface area contributed by atoms with E-state index < -0.39 is 0 Å². The smallest absolute Gasteiger partial charge is 0.0603 e. The van der Waals surface area contributed by atoms with Crippen LogP contribution in [0.5, 0.6) is 0 Å². The Balaban J connectivity index is 2.27. The second-order valence-corrected chi connectivity index (χ2v) is 10.8. The Labute approximate surface area is 197 Å². The summed E-state index contributed by atoms with van der Waals surface area (Å²) in [5.74, 6) is 1.79. The molecule has 0 amide bonds. The molecule has 0 N–H and O–H groups in total. The van der Waals surface area contributed by atoms with Crippen LogP contribution < -0.4 is 0 Å². The molecule has 1 fully saturated rings. The van der Waals surface area contributed by atoms with Crippen LogP contribution in [-0.4, -0.2) is 36.7 Å². The molecule has 0 aromatic carbocycles. The Kier molecular flexibility index (Phi) is 18.1. The Bertz CT molecular complexity index is 365. The van der Waals surface area contributed by atoms with Crippen LogP contribution in [0.25, 0.3) is 0 Å². The zero-order valence-electron chi connectivity index (χ0n) is 22.3. The van der Waals surface area contributed by atoms with Gasteiger partial charge in [-0.1, -0.05) is 98.3 Å². The number of likely N-dealkylation sites (tertiary alicyclic amines) is 1. The number of piperidine rings is 1. The number of rotatable bonds is 20. The van der Waals surface area contributed by atoms with Crippen LogP contribution >= 0.6 is 0 Å². The molecule has 1 unspecified atom stereocenters. The molecule has 0 saturated carbocycles. The summed E-state index contributed by atoms with van der Waals surface area (Å²) in [6.45, 7) is 15.5. The molecule has 2 nitrogen and oxygen atoms in total. The largest absolute Gasteiger partial charge is 0.375 e. The van der Waals surface area contributed by atoms with E-state index >= 15 is 0 Å². The third-order valence-electron chi connectivity index (χ3n) is 7.52. The monoisotopic (exact) mass is 437 g/mol. The summed E-state index contributed by atoms with van der Waals surface area (Å²) in [5, 5.41) is 0. The molecule has 186 valence electrons. The minimum absolute atomic E-state index is 0.436. The highest BCUT2D eigenvalue weighted by atomic mass is 16.5. The fourth-order valence-electron chi connectivity index (χ4n) is 5.25. The lowest BCUT2D eigenvalue weighted by atomic mass is 9.93. The minimum Gasteiger partial charge on any atom is -0.375 e. The van der Waals surface area contributed by atoms with Gasteiger partial charge in [0.2, 0.25) is 0 Å². The van der Waals surface area contributed by atoms with Crippen molar-refractivity contribution in [1.29, 1.82) is 0 Å². The predicted molar refractivity (Wildman–Crippen MR) is 139 cm³/mol. The molecular formula is C29H59NO. The maximum atomic E-state index is 6.46. The first-order valence-corrected chi connectivity index (χ1v) is 14.5. The topological polar surface area (TPSA) is 12.5 Å². The summed E-state index contributed by atoms with van der Waals surface area (Å²) >= 11 is 0. The van der Waals surface area contributed by atoms with Crippen molar-refractivity contribution in [3.8, 4) is 0 Å². The maximum Gasteiger partial charge on any atom is 0.0603 e. The SMILES string of the molecule is CCCCCCC(CCCCCC)CN1CCC(O[C@@H](C)CCC(C)CCCC)CC1. The highest BCUT2D eigenvalue weighted by molar-refractivity contribution is 4.76. The zero-order chi connectivity index (χ0) is 22.7. The van der Waals surface area contributed by atoms with Crippen LogP contribution in [0.15, 0.2) is 0 Å². The molecule has 0 radical (unpaired) electrons. The first kappa shape index (κ1) is 29.0. The summed E-state index contributed by atoms with van der Waals surface area (Å²) < 4.78 is 6.46. The summed E-state index contributed by atoms with van der Waals surface area (Å²) in [5.41, 5.74) is 0. The van der Waals surface area contributed by atoms with Gasteiger partial charge >= 0.3 is 0 Å². The Morgan fingerprint density at radius 1 is 0.677 bits per heavy atom. The number of hydrogen-bond donors (Lipinski definition) is 0. The van der Waals surface area contributed by atoms with Gasteiger partial charge in [0.1, 0.15) is 0 Å². The second-order valence-electron chi connectivity index (χ2n) is 10.8. The Hall–Kier alpha value is -0.0800. The van der Waals surface area contributed by atoms with Crippen molar-refractivity contribution >= 4 is 0 Å². The van der Waals surface area contributed by atoms with Gasteiger partial charge in [-0.2, -0.15) is 0 Å². The fourth-order valence-corrected chi connectivity index (χ4v) is 5.25. The van der Waals surface area contributed by atoms with E-state index in [-0.39, 0.29) is 0 Å². The number of nitrogens with zero attached hydrogens (tertiary/aromatic N) is 1. The van der Waals surface area contributed by atoms with Crippen molar-refractivity contribution in [1.82, 2.24) is 4.90 Å². The van der Waals surface area contributed by atoms with Gasteiger partial charge in [-0.05, 0) is 57.3 Å². The van der Waals surface area contributed by atoms with E-state index in [1.165, 1.54) is 129 Å². The number of hydrogen-bond acceptors (Lipinski definition) is 2. The molecule has 0 aromatic heterocycles. The fraction of sp³-hybridized carbons (Fsp3) is 1.00. The quantitative estimate of drug-likeness (QED) is 0.176. The van der Waals surface area contributed by atoms with Crippen LogP contribution in [0.1, 0.15) is 144 Å². The molecule has 2 heteroatoms. The van der Waals surface area contributed by atoms with E-state index in [0.29, 0.717) is 12.2 Å². The van der Waals surface area contributed by atoms with Gasteiger partial charge in [0.15, 0.2) is 0 Å². The van der Waals surface area contributed by atoms with Crippen molar-refractivity contribution in [2.75, 3.05) is 19.6 Å². The van der Waals surface area contributed by atoms with E-state index in [0.717, 1.165) is 11.8 Å². The summed E-state index contributed by atoms with van der Waals surface area (Å²) in [4.78, 5) is 2.77. The predicted octanol–water partition coefficient (Wildman–Crippen LogP) is 9.02. The van der Waals surface area contributed by atoms with Crippen molar-refractivity contribution in [2.24, 2.45) is 11.8 Å². The lowest BCUT2D eigenvalue weighted by molar-refractivity contribution is -0.0412. The first-order chi connectivity index (χ1) is 15.1. The van der Waals surface area contributed by atoms with E-state index in [1.54, 1.807) is 0 Å². The van der Waals surface area contributed by atoms with Gasteiger partial charge in [-0.3, -0.25) is 0 Å². The van der Waals surface area contributed by atoms with Crippen LogP contribution in [0.2, 0.25) is 0 Å². The van der Waals surface area contributed by atoms with Gasteiger partial charge in [0.25, 0.3) is 0 Å². The molecule has 1 saturated heterocycles. The Morgan fingerprint density at radius 3 is 1.81 bits per heavy atom. The number of ether oxygens (including phenoxy) is 1. The molecule has 1 aliphatic heterocycles. The average molecular weight is 438 g/mol. The third-order valence-corrected chi connectivity index (χ3v) is 7.52. The molecule has 1 heterocycles. The highest BCUT2D eigenvalue weighted by Crippen LogP contribution is 2.24. The number of unbranched alkanes of at least 4 members (excludes halogenated alkanes) is 7. The van der Waals surface area contributed by atoms with Gasteiger partial charge in [-0.15, -0.1) is 0 Å². The van der Waals surface area contributed by atoms with Crippen LogP contribution in [0.4, 0.5) is 0 Å². The maximum absolute atomic E-state index is 6.46. The van der Waals surface area contributed by atoms with Gasteiger partial charge < -0.3 is 9.64 Å². The lowest BCUT2D eigenvalue weighted by Crippen LogP contribution is -2.40. The molecule has 0 bridgehead atoms. The van der Waals surface area contributed by atoms with Crippen molar-refractivity contribution in [3.05, 3.63) is 0 Å². The molecule has 0 aliphatic carbocycles. The van der Waals surface area contributed by atoms with Crippen LogP contribution in [0.3, 0.4) is 0 Å². The minimum atomic E-state index is 0.436. The van der Waals surface area contributed by atoms with E-state index in [9.17, 15) is 0 Å². The Morgan fingerprint density at radius 2 is 1.26 bits per heavy atom. The summed E-state index contributed by atoms with van der Waals surface area (Å²) in [7, 11) is 0. The van der Waals surface area contributed by atoms with Gasteiger partial charge in [0, 0.05) is 19.6 Å². The van der Waals surface area contributed by atoms with Crippen molar-refractivity contribution in [3.63, 3.8) is 0 Å². The van der Waals surface area contributed by atoms with Crippen molar-refractivity contribution < 1.29 is 4.74 Å². The zero-order valence-corrected chi connectivity index (χ0v) is 22.3. The standard InChI is InChI=1S/C29H59NO/c1-6-9-12-14-17-28(18-15-13-10-7-2)25-30-23-21-29(22-24-30)31-27(5)20-19-26(4)16-11-8-3/h26-29H,6-25H2,1-5H3/t26?,27-/m0/s1. The lowest BCUT2D eigenvalue weighted by Gasteiger charge is -2.35. The molecule has 0 aromatic rings. The first-order valence-electron chi connectivity index (χ1n) is 14.5. The molecule has 1 rings (SSSR count). The molecular weight excluding hydrogens is 378 g/mol. The normalized spacial score (nSPS) is 18.0. The van der Waals surface area contributed by atoms with E-state index in [4.69, 9.17) is 4.74 Å². The highest BCUT2D eigenvalue weighted by Gasteiger charge is 2.23. The van der Waals surface area contributed by atoms with Crippen LogP contribution in [0, 0.1) is 11.8 Å². The van der Waals surface area contributed by atoms with Crippen LogP contribution in [-0.2, 0) is 4.74 Å². The average Bonchev–Trinajstić information content (AvgIpc) is 2.77. The van der Waals surface area contributed by atoms with Crippen molar-refractivity contribution in [2.45, 2.75) is 156 Å². The molecule has 0 spiro atoms. The van der Waals surface area contributed by atoms with E-state index in [2.05, 4.69) is 39.5 Å².